The average Bonchev–Trinajstić information content (AvgIpc) is 3.30. The Kier molecular flexibility index (Phi) is 13.9. The van der Waals surface area contributed by atoms with E-state index in [4.69, 9.17) is 20.9 Å². The van der Waals surface area contributed by atoms with Crippen LogP contribution < -0.4 is 22.1 Å². The van der Waals surface area contributed by atoms with Crippen LogP contribution >= 0.6 is 12.4 Å². The van der Waals surface area contributed by atoms with Crippen molar-refractivity contribution < 1.29 is 23.9 Å². The van der Waals surface area contributed by atoms with Crippen molar-refractivity contribution in [2.24, 2.45) is 16.5 Å². The molecule has 2 atom stereocenters. The first-order valence-corrected chi connectivity index (χ1v) is 12.3. The van der Waals surface area contributed by atoms with Crippen LogP contribution in [-0.2, 0) is 25.7 Å². The summed E-state index contributed by atoms with van der Waals surface area (Å²) in [5.41, 5.74) is 12.4. The molecule has 0 aromatic heterocycles. The normalized spacial score (nSPS) is 16.5. The number of halogens is 1. The molecular formula is C25H41ClN6O5. The minimum atomic E-state index is -0.859. The molecule has 1 aliphatic rings. The molecule has 3 amide bonds. The highest BCUT2D eigenvalue weighted by Crippen LogP contribution is 2.18. The van der Waals surface area contributed by atoms with E-state index in [0.29, 0.717) is 51.9 Å². The van der Waals surface area contributed by atoms with E-state index in [1.807, 2.05) is 30.3 Å². The molecule has 1 saturated heterocycles. The highest BCUT2D eigenvalue weighted by Gasteiger charge is 2.36. The minimum Gasteiger partial charge on any atom is -0.444 e. The molecule has 208 valence electrons. The van der Waals surface area contributed by atoms with Gasteiger partial charge in [-0.15, -0.1) is 12.4 Å². The van der Waals surface area contributed by atoms with Gasteiger partial charge in [-0.25, -0.2) is 4.79 Å². The molecule has 1 aliphatic heterocycles. The lowest BCUT2D eigenvalue weighted by Gasteiger charge is -2.26. The lowest BCUT2D eigenvalue weighted by molar-refractivity contribution is -0.140. The molecule has 0 spiro atoms. The fourth-order valence-electron chi connectivity index (χ4n) is 3.66. The summed E-state index contributed by atoms with van der Waals surface area (Å²) in [4.78, 5) is 42.8. The van der Waals surface area contributed by atoms with Crippen LogP contribution in [0.3, 0.4) is 0 Å². The van der Waals surface area contributed by atoms with E-state index in [9.17, 15) is 14.4 Å². The number of likely N-dealkylation sites (tertiary alicyclic amines) is 1. The lowest BCUT2D eigenvalue weighted by atomic mass is 10.2. The number of nitrogens with one attached hydrogen (secondary N) is 2. The number of alkyl carbamates (subject to hydrolysis) is 1. The van der Waals surface area contributed by atoms with Crippen LogP contribution in [0.5, 0.6) is 0 Å². The summed E-state index contributed by atoms with van der Waals surface area (Å²) in [5, 5.41) is 5.25. The molecule has 12 heteroatoms. The van der Waals surface area contributed by atoms with Crippen molar-refractivity contribution in [3.05, 3.63) is 35.9 Å². The molecule has 0 radical (unpaired) electrons. The number of amides is 3. The Morgan fingerprint density at radius 2 is 1.89 bits per heavy atom. The number of nitrogens with two attached hydrogens (primary N) is 2. The predicted molar refractivity (Wildman–Crippen MR) is 144 cm³/mol. The van der Waals surface area contributed by atoms with Gasteiger partial charge in [0.2, 0.25) is 11.8 Å². The largest absolute Gasteiger partial charge is 0.444 e. The first-order chi connectivity index (χ1) is 17.1. The van der Waals surface area contributed by atoms with Gasteiger partial charge in [0, 0.05) is 19.6 Å². The summed E-state index contributed by atoms with van der Waals surface area (Å²) in [7, 11) is 0. The number of guanidine groups is 1. The molecule has 2 rings (SSSR count). The number of unbranched alkanes of at least 4 members (excludes halogenated alkanes) is 1. The van der Waals surface area contributed by atoms with Gasteiger partial charge >= 0.3 is 6.09 Å². The second-order valence-electron chi connectivity index (χ2n) is 9.69. The summed E-state index contributed by atoms with van der Waals surface area (Å²) in [6.45, 7) is 7.11. The van der Waals surface area contributed by atoms with Gasteiger partial charge in [-0.2, -0.15) is 0 Å². The van der Waals surface area contributed by atoms with Crippen LogP contribution in [0, 0.1) is 0 Å². The third-order valence-electron chi connectivity index (χ3n) is 5.35. The SMILES string of the molecule is CC(C)(C)OC(=O)NCCCCN=C(N)NC(=O)[C@@H]1CCCN1C(=O)[C@H](N)COCc1ccccc1.Cl. The van der Waals surface area contributed by atoms with Gasteiger partial charge in [-0.05, 0) is 52.0 Å². The van der Waals surface area contributed by atoms with E-state index in [2.05, 4.69) is 15.6 Å². The van der Waals surface area contributed by atoms with Crippen molar-refractivity contribution >= 4 is 36.3 Å². The quantitative estimate of drug-likeness (QED) is 0.188. The molecule has 37 heavy (non-hydrogen) atoms. The Bertz CT molecular complexity index is 893. The number of aliphatic imine (C=N–C) groups is 1. The molecule has 0 aliphatic carbocycles. The molecule has 11 nitrogen and oxygen atoms in total. The zero-order chi connectivity index (χ0) is 26.6. The van der Waals surface area contributed by atoms with Crippen molar-refractivity contribution in [3.8, 4) is 0 Å². The first-order valence-electron chi connectivity index (χ1n) is 12.3. The minimum absolute atomic E-state index is 0. The number of nitrogens with zero attached hydrogens (tertiary/aromatic N) is 2. The third kappa shape index (κ3) is 12.3. The summed E-state index contributed by atoms with van der Waals surface area (Å²) in [5.74, 6) is -0.713. The Hall–Kier alpha value is -2.89. The Morgan fingerprint density at radius 1 is 1.19 bits per heavy atom. The maximum atomic E-state index is 12.8. The summed E-state index contributed by atoms with van der Waals surface area (Å²) >= 11 is 0. The fourth-order valence-corrected chi connectivity index (χ4v) is 3.66. The van der Waals surface area contributed by atoms with Crippen LogP contribution in [-0.4, -0.2) is 72.7 Å². The van der Waals surface area contributed by atoms with Gasteiger partial charge in [0.1, 0.15) is 17.7 Å². The molecule has 1 aromatic carbocycles. The molecular weight excluding hydrogens is 500 g/mol. The zero-order valence-electron chi connectivity index (χ0n) is 21.9. The Labute approximate surface area is 225 Å². The number of benzene rings is 1. The maximum absolute atomic E-state index is 12.8. The maximum Gasteiger partial charge on any atom is 0.407 e. The number of carbonyl (C=O) groups excluding carboxylic acids is 3. The van der Waals surface area contributed by atoms with Gasteiger partial charge in [0.15, 0.2) is 5.96 Å². The highest BCUT2D eigenvalue weighted by atomic mass is 35.5. The lowest BCUT2D eigenvalue weighted by Crippen LogP contribution is -2.54. The van der Waals surface area contributed by atoms with E-state index in [0.717, 1.165) is 5.56 Å². The van der Waals surface area contributed by atoms with Gasteiger partial charge in [-0.3, -0.25) is 19.9 Å². The number of rotatable bonds is 11. The molecule has 1 aromatic rings. The standard InChI is InChI=1S/C25H40N6O5.ClH/c1-25(2,3)36-24(34)29-14-8-7-13-28-23(27)30-21(32)20-12-9-15-31(20)22(33)19(26)17-35-16-18-10-5-4-6-11-18;/h4-6,10-11,19-20H,7-9,12-17,26H2,1-3H3,(H,29,34)(H3,27,28,30,32);1H/t19-,20+;/m1./s1. The topological polar surface area (TPSA) is 161 Å². The molecule has 1 fully saturated rings. The van der Waals surface area contributed by atoms with Crippen LogP contribution in [0.15, 0.2) is 35.3 Å². The number of hydrogen-bond acceptors (Lipinski definition) is 7. The van der Waals surface area contributed by atoms with E-state index in [-0.39, 0.29) is 36.8 Å². The van der Waals surface area contributed by atoms with E-state index in [1.165, 1.54) is 4.90 Å². The van der Waals surface area contributed by atoms with Gasteiger partial charge in [0.25, 0.3) is 0 Å². The number of hydrogen-bond donors (Lipinski definition) is 4. The molecule has 0 bridgehead atoms. The second-order valence-corrected chi connectivity index (χ2v) is 9.69. The zero-order valence-corrected chi connectivity index (χ0v) is 22.7. The number of ether oxygens (including phenoxy) is 2. The smallest absolute Gasteiger partial charge is 0.407 e. The molecule has 0 saturated carbocycles. The van der Waals surface area contributed by atoms with Crippen LogP contribution in [0.2, 0.25) is 0 Å². The second kappa shape index (κ2) is 16.1. The van der Waals surface area contributed by atoms with Crippen molar-refractivity contribution in [2.45, 2.75) is 70.7 Å². The summed E-state index contributed by atoms with van der Waals surface area (Å²) in [6, 6.07) is 8.10. The van der Waals surface area contributed by atoms with Crippen molar-refractivity contribution in [3.63, 3.8) is 0 Å². The average molecular weight is 541 g/mol. The van der Waals surface area contributed by atoms with E-state index < -0.39 is 23.8 Å². The number of carbonyl (C=O) groups is 3. The Balaban J connectivity index is 0.00000684. The highest BCUT2D eigenvalue weighted by molar-refractivity contribution is 6.00. The Morgan fingerprint density at radius 3 is 2.57 bits per heavy atom. The van der Waals surface area contributed by atoms with Gasteiger partial charge < -0.3 is 31.2 Å². The van der Waals surface area contributed by atoms with Crippen molar-refractivity contribution in [1.29, 1.82) is 0 Å². The van der Waals surface area contributed by atoms with E-state index in [1.54, 1.807) is 20.8 Å². The molecule has 6 N–H and O–H groups in total. The van der Waals surface area contributed by atoms with Crippen LogP contribution in [0.25, 0.3) is 0 Å². The van der Waals surface area contributed by atoms with Crippen molar-refractivity contribution in [1.82, 2.24) is 15.5 Å². The first kappa shape index (κ1) is 32.1. The third-order valence-corrected chi connectivity index (χ3v) is 5.35. The monoisotopic (exact) mass is 540 g/mol. The molecule has 1 heterocycles. The van der Waals surface area contributed by atoms with Crippen molar-refractivity contribution in [2.75, 3.05) is 26.2 Å². The summed E-state index contributed by atoms with van der Waals surface area (Å²) < 4.78 is 10.8. The predicted octanol–water partition coefficient (Wildman–Crippen LogP) is 1.68. The van der Waals surface area contributed by atoms with E-state index >= 15 is 0 Å². The van der Waals surface area contributed by atoms with Gasteiger partial charge in [-0.1, -0.05) is 30.3 Å². The van der Waals surface area contributed by atoms with Crippen LogP contribution in [0.1, 0.15) is 52.0 Å². The summed E-state index contributed by atoms with van der Waals surface area (Å²) in [6.07, 6.45) is 2.11. The van der Waals surface area contributed by atoms with Crippen LogP contribution in [0.4, 0.5) is 4.79 Å². The van der Waals surface area contributed by atoms with Gasteiger partial charge in [0.05, 0.1) is 13.2 Å². The fraction of sp³-hybridized carbons (Fsp3) is 0.600. The molecule has 0 unspecified atom stereocenters.